The third kappa shape index (κ3) is 3.17. The van der Waals surface area contributed by atoms with Gasteiger partial charge in [-0.3, -0.25) is 19.4 Å². The second-order valence-corrected chi connectivity index (χ2v) is 6.23. The zero-order valence-electron chi connectivity index (χ0n) is 14.5. The predicted molar refractivity (Wildman–Crippen MR) is 97.1 cm³/mol. The number of ketones is 1. The predicted octanol–water partition coefficient (Wildman–Crippen LogP) is 1.13. The maximum Gasteiger partial charge on any atom is 0.295 e. The molecule has 8 nitrogen and oxygen atoms in total. The number of aromatic amines is 1. The Morgan fingerprint density at radius 3 is 2.37 bits per heavy atom. The normalized spacial score (nSPS) is 14.4. The Morgan fingerprint density at radius 1 is 0.889 bits per heavy atom. The molecule has 0 spiro atoms. The van der Waals surface area contributed by atoms with E-state index in [4.69, 9.17) is 0 Å². The molecular formula is C19H17N5O3. The van der Waals surface area contributed by atoms with Crippen LogP contribution in [0.3, 0.4) is 0 Å². The number of carbonyl (C=O) groups excluding carboxylic acids is 3. The Bertz CT molecular complexity index is 1010. The van der Waals surface area contributed by atoms with Crippen molar-refractivity contribution in [2.75, 3.05) is 26.2 Å². The first-order valence-electron chi connectivity index (χ1n) is 8.61. The molecule has 0 bridgehead atoms. The van der Waals surface area contributed by atoms with Gasteiger partial charge in [0.2, 0.25) is 0 Å². The van der Waals surface area contributed by atoms with Crippen molar-refractivity contribution in [2.24, 2.45) is 0 Å². The van der Waals surface area contributed by atoms with Crippen molar-refractivity contribution >= 4 is 28.6 Å². The number of hydrogen-bond acceptors (Lipinski definition) is 5. The van der Waals surface area contributed by atoms with Crippen LogP contribution in [0.2, 0.25) is 0 Å². The van der Waals surface area contributed by atoms with Gasteiger partial charge < -0.3 is 14.8 Å². The van der Waals surface area contributed by atoms with E-state index < -0.39 is 11.7 Å². The Labute approximate surface area is 154 Å². The van der Waals surface area contributed by atoms with Gasteiger partial charge in [0.05, 0.1) is 5.56 Å². The summed E-state index contributed by atoms with van der Waals surface area (Å²) >= 11 is 0. The van der Waals surface area contributed by atoms with Crippen LogP contribution in [-0.2, 0) is 4.79 Å². The van der Waals surface area contributed by atoms with Gasteiger partial charge >= 0.3 is 0 Å². The van der Waals surface area contributed by atoms with Gasteiger partial charge in [-0.15, -0.1) is 0 Å². The molecule has 1 N–H and O–H groups in total. The highest BCUT2D eigenvalue weighted by atomic mass is 16.2. The van der Waals surface area contributed by atoms with Gasteiger partial charge in [-0.05, 0) is 24.3 Å². The summed E-state index contributed by atoms with van der Waals surface area (Å²) in [7, 11) is 0. The first-order valence-corrected chi connectivity index (χ1v) is 8.61. The van der Waals surface area contributed by atoms with Gasteiger partial charge in [0.25, 0.3) is 17.6 Å². The van der Waals surface area contributed by atoms with E-state index in [1.165, 1.54) is 11.1 Å². The molecule has 0 aliphatic carbocycles. The summed E-state index contributed by atoms with van der Waals surface area (Å²) in [5, 5.41) is 0.625. The molecule has 1 saturated heterocycles. The molecule has 3 aromatic heterocycles. The summed E-state index contributed by atoms with van der Waals surface area (Å²) in [6, 6.07) is 8.64. The van der Waals surface area contributed by atoms with Gasteiger partial charge in [0.15, 0.2) is 0 Å². The lowest BCUT2D eigenvalue weighted by molar-refractivity contribution is -0.127. The van der Waals surface area contributed by atoms with Crippen molar-refractivity contribution in [3.63, 3.8) is 0 Å². The molecule has 1 aliphatic rings. The maximum absolute atomic E-state index is 12.6. The fourth-order valence-corrected chi connectivity index (χ4v) is 3.17. The molecule has 27 heavy (non-hydrogen) atoms. The zero-order valence-corrected chi connectivity index (χ0v) is 14.5. The SMILES string of the molecule is O=C(C(=O)N1CCN(C(=O)c2ccccn2)CC1)c1c[nH]c2ncccc12. The summed E-state index contributed by atoms with van der Waals surface area (Å²) in [4.78, 5) is 51.9. The fraction of sp³-hybridized carbons (Fsp3) is 0.211. The molecule has 8 heteroatoms. The summed E-state index contributed by atoms with van der Waals surface area (Å²) in [5.74, 6) is -1.31. The Morgan fingerprint density at radius 2 is 1.63 bits per heavy atom. The standard InChI is InChI=1S/C19H17N5O3/c25-16(14-12-22-17-13(14)4-3-7-21-17)19(27)24-10-8-23(9-11-24)18(26)15-5-1-2-6-20-15/h1-7,12H,8-11H2,(H,21,22). The van der Waals surface area contributed by atoms with Crippen LogP contribution in [0, 0.1) is 0 Å². The van der Waals surface area contributed by atoms with Crippen molar-refractivity contribution in [3.05, 3.63) is 60.2 Å². The number of pyridine rings is 2. The molecule has 0 saturated carbocycles. The molecule has 2 amide bonds. The number of nitrogens with zero attached hydrogens (tertiary/aromatic N) is 4. The molecule has 1 fully saturated rings. The summed E-state index contributed by atoms with van der Waals surface area (Å²) < 4.78 is 0. The number of Topliss-reactive ketones (excluding diaryl/α,β-unsaturated/α-hetero) is 1. The molecule has 0 radical (unpaired) electrons. The van der Waals surface area contributed by atoms with Gasteiger partial charge in [-0.25, -0.2) is 4.98 Å². The van der Waals surface area contributed by atoms with E-state index in [-0.39, 0.29) is 5.91 Å². The summed E-state index contributed by atoms with van der Waals surface area (Å²) in [6.07, 6.45) is 4.70. The monoisotopic (exact) mass is 363 g/mol. The van der Waals surface area contributed by atoms with Crippen LogP contribution in [0.25, 0.3) is 11.0 Å². The highest BCUT2D eigenvalue weighted by Crippen LogP contribution is 2.17. The largest absolute Gasteiger partial charge is 0.345 e. The molecule has 0 aromatic carbocycles. The highest BCUT2D eigenvalue weighted by Gasteiger charge is 2.30. The van der Waals surface area contributed by atoms with E-state index in [1.54, 1.807) is 47.6 Å². The van der Waals surface area contributed by atoms with Gasteiger partial charge in [0.1, 0.15) is 11.3 Å². The van der Waals surface area contributed by atoms with Crippen LogP contribution >= 0.6 is 0 Å². The summed E-state index contributed by atoms with van der Waals surface area (Å²) in [6.45, 7) is 1.35. The van der Waals surface area contributed by atoms with Crippen LogP contribution in [-0.4, -0.2) is 68.5 Å². The number of piperazine rings is 1. The Hall–Kier alpha value is -3.55. The van der Waals surface area contributed by atoms with E-state index in [1.807, 2.05) is 0 Å². The minimum absolute atomic E-state index is 0.170. The molecule has 1 aliphatic heterocycles. The van der Waals surface area contributed by atoms with Gasteiger partial charge in [0, 0.05) is 50.2 Å². The molecular weight excluding hydrogens is 346 g/mol. The van der Waals surface area contributed by atoms with Crippen molar-refractivity contribution in [2.45, 2.75) is 0 Å². The molecule has 0 unspecified atom stereocenters. The molecule has 136 valence electrons. The third-order valence-electron chi connectivity index (χ3n) is 4.63. The number of H-pyrrole nitrogens is 1. The highest BCUT2D eigenvalue weighted by molar-refractivity contribution is 6.44. The average molecular weight is 363 g/mol. The first-order chi connectivity index (χ1) is 13.1. The fourth-order valence-electron chi connectivity index (χ4n) is 3.17. The Balaban J connectivity index is 1.43. The van der Waals surface area contributed by atoms with E-state index in [9.17, 15) is 14.4 Å². The molecule has 4 heterocycles. The number of carbonyl (C=O) groups is 3. The average Bonchev–Trinajstić information content (AvgIpc) is 3.17. The zero-order chi connectivity index (χ0) is 18.8. The van der Waals surface area contributed by atoms with Crippen LogP contribution in [0.5, 0.6) is 0 Å². The third-order valence-corrected chi connectivity index (χ3v) is 4.63. The van der Waals surface area contributed by atoms with Crippen LogP contribution in [0.4, 0.5) is 0 Å². The van der Waals surface area contributed by atoms with Crippen molar-refractivity contribution in [1.29, 1.82) is 0 Å². The van der Waals surface area contributed by atoms with Gasteiger partial charge in [-0.1, -0.05) is 6.07 Å². The molecule has 0 atom stereocenters. The molecule has 3 aromatic rings. The smallest absolute Gasteiger partial charge is 0.295 e. The first kappa shape index (κ1) is 16.9. The van der Waals surface area contributed by atoms with E-state index >= 15 is 0 Å². The van der Waals surface area contributed by atoms with Gasteiger partial charge in [-0.2, -0.15) is 0 Å². The van der Waals surface area contributed by atoms with E-state index in [0.717, 1.165) is 0 Å². The lowest BCUT2D eigenvalue weighted by Crippen LogP contribution is -2.52. The van der Waals surface area contributed by atoms with E-state index in [0.29, 0.717) is 48.5 Å². The second-order valence-electron chi connectivity index (χ2n) is 6.23. The van der Waals surface area contributed by atoms with Crippen LogP contribution in [0.1, 0.15) is 20.8 Å². The minimum atomic E-state index is -0.571. The summed E-state index contributed by atoms with van der Waals surface area (Å²) in [5.41, 5.74) is 1.26. The van der Waals surface area contributed by atoms with Crippen LogP contribution < -0.4 is 0 Å². The number of fused-ring (bicyclic) bond motifs is 1. The number of aromatic nitrogens is 3. The minimum Gasteiger partial charge on any atom is -0.345 e. The van der Waals surface area contributed by atoms with Crippen molar-refractivity contribution in [3.8, 4) is 0 Å². The number of hydrogen-bond donors (Lipinski definition) is 1. The Kier molecular flexibility index (Phi) is 4.37. The quantitative estimate of drug-likeness (QED) is 0.555. The number of rotatable bonds is 3. The molecule has 4 rings (SSSR count). The maximum atomic E-state index is 12.6. The second kappa shape index (κ2) is 6.99. The van der Waals surface area contributed by atoms with Crippen molar-refractivity contribution in [1.82, 2.24) is 24.8 Å². The van der Waals surface area contributed by atoms with Crippen molar-refractivity contribution < 1.29 is 14.4 Å². The lowest BCUT2D eigenvalue weighted by Gasteiger charge is -2.34. The number of amides is 2. The van der Waals surface area contributed by atoms with Crippen LogP contribution in [0.15, 0.2) is 48.9 Å². The topological polar surface area (TPSA) is 99.3 Å². The van der Waals surface area contributed by atoms with E-state index in [2.05, 4.69) is 15.0 Å². The lowest BCUT2D eigenvalue weighted by atomic mass is 10.1. The number of nitrogens with one attached hydrogen (secondary N) is 1.